The van der Waals surface area contributed by atoms with Crippen molar-refractivity contribution in [3.63, 3.8) is 0 Å². The predicted octanol–water partition coefficient (Wildman–Crippen LogP) is 2.75. The molecule has 0 N–H and O–H groups in total. The third kappa shape index (κ3) is 2.13. The van der Waals surface area contributed by atoms with Crippen LogP contribution in [-0.2, 0) is 4.74 Å². The van der Waals surface area contributed by atoms with Crippen molar-refractivity contribution in [2.24, 2.45) is 0 Å². The lowest BCUT2D eigenvalue weighted by Gasteiger charge is -2.08. The molecule has 0 aromatic carbocycles. The third-order valence-electron chi connectivity index (χ3n) is 2.95. The normalized spacial score (nSPS) is 27.3. The molecule has 3 unspecified atom stereocenters. The molecule has 2 rings (SSSR count). The van der Waals surface area contributed by atoms with Gasteiger partial charge in [-0.2, -0.15) is 0 Å². The lowest BCUT2D eigenvalue weighted by Crippen LogP contribution is -2.00. The topological polar surface area (TPSA) is 25.4 Å². The summed E-state index contributed by atoms with van der Waals surface area (Å²) in [6.45, 7) is 4.44. The molecule has 0 bridgehead atoms. The van der Waals surface area contributed by atoms with E-state index in [1.54, 1.807) is 0 Å². The van der Waals surface area contributed by atoms with Crippen molar-refractivity contribution in [1.29, 1.82) is 0 Å². The summed E-state index contributed by atoms with van der Waals surface area (Å²) in [5.41, 5.74) is 1.37. The van der Waals surface area contributed by atoms with Gasteiger partial charge in [0.25, 0.3) is 0 Å². The Labute approximate surface area is 85.3 Å². The van der Waals surface area contributed by atoms with Crippen LogP contribution in [-0.4, -0.2) is 17.2 Å². The van der Waals surface area contributed by atoms with Crippen LogP contribution in [0.25, 0.3) is 0 Å². The van der Waals surface area contributed by atoms with Crippen LogP contribution in [0.1, 0.15) is 38.2 Å². The highest BCUT2D eigenvalue weighted by atomic mass is 16.6. The number of hydrogen-bond acceptors (Lipinski definition) is 2. The molecule has 2 heterocycles. The van der Waals surface area contributed by atoms with Gasteiger partial charge in [-0.05, 0) is 36.5 Å². The van der Waals surface area contributed by atoms with Gasteiger partial charge in [-0.1, -0.05) is 13.8 Å². The van der Waals surface area contributed by atoms with Crippen molar-refractivity contribution >= 4 is 0 Å². The van der Waals surface area contributed by atoms with E-state index in [4.69, 9.17) is 4.74 Å². The van der Waals surface area contributed by atoms with E-state index >= 15 is 0 Å². The first-order chi connectivity index (χ1) is 6.81. The highest BCUT2D eigenvalue weighted by Gasteiger charge is 2.37. The van der Waals surface area contributed by atoms with Crippen molar-refractivity contribution in [1.82, 2.24) is 4.98 Å². The molecular weight excluding hydrogens is 174 g/mol. The van der Waals surface area contributed by atoms with Crippen molar-refractivity contribution in [3.05, 3.63) is 30.1 Å². The fourth-order valence-electron chi connectivity index (χ4n) is 1.92. The summed E-state index contributed by atoms with van der Waals surface area (Å²) in [5, 5.41) is 0. The van der Waals surface area contributed by atoms with Crippen molar-refractivity contribution in [3.8, 4) is 0 Å². The largest absolute Gasteiger partial charge is 0.370 e. The second kappa shape index (κ2) is 4.09. The minimum atomic E-state index is 0.503. The van der Waals surface area contributed by atoms with Crippen LogP contribution < -0.4 is 0 Å². The van der Waals surface area contributed by atoms with E-state index in [-0.39, 0.29) is 0 Å². The molecule has 0 spiro atoms. The Morgan fingerprint density at radius 1 is 1.36 bits per heavy atom. The van der Waals surface area contributed by atoms with Gasteiger partial charge >= 0.3 is 0 Å². The number of nitrogens with zero attached hydrogens (tertiary/aromatic N) is 1. The first-order valence-electron chi connectivity index (χ1n) is 5.36. The predicted molar refractivity (Wildman–Crippen MR) is 56.2 cm³/mol. The Balaban J connectivity index is 1.88. The molecule has 1 fully saturated rings. The summed E-state index contributed by atoms with van der Waals surface area (Å²) >= 11 is 0. The summed E-state index contributed by atoms with van der Waals surface area (Å²) in [4.78, 5) is 4.02. The van der Waals surface area contributed by atoms with E-state index in [1.807, 2.05) is 12.4 Å². The second-order valence-corrected chi connectivity index (χ2v) is 4.04. The standard InChI is InChI=1S/C12H17NO/c1-3-11-12(14-11)8-9(2)10-4-6-13-7-5-10/h4-7,9,11-12H,3,8H2,1-2H3. The van der Waals surface area contributed by atoms with E-state index in [0.717, 1.165) is 12.8 Å². The quantitative estimate of drug-likeness (QED) is 0.684. The van der Waals surface area contributed by atoms with Crippen LogP contribution in [0.2, 0.25) is 0 Å². The van der Waals surface area contributed by atoms with E-state index in [1.165, 1.54) is 5.56 Å². The van der Waals surface area contributed by atoms with Crippen molar-refractivity contribution in [2.45, 2.75) is 44.8 Å². The number of epoxide rings is 1. The molecule has 1 aromatic rings. The van der Waals surface area contributed by atoms with Gasteiger partial charge < -0.3 is 4.74 Å². The average Bonchev–Trinajstić information content (AvgIpc) is 2.98. The average molecular weight is 191 g/mol. The number of hydrogen-bond donors (Lipinski definition) is 0. The SMILES string of the molecule is CCC1OC1CC(C)c1ccncc1. The van der Waals surface area contributed by atoms with Crippen LogP contribution in [0.4, 0.5) is 0 Å². The minimum absolute atomic E-state index is 0.503. The lowest BCUT2D eigenvalue weighted by atomic mass is 9.96. The molecule has 2 heteroatoms. The maximum atomic E-state index is 5.54. The van der Waals surface area contributed by atoms with Gasteiger partial charge in [-0.15, -0.1) is 0 Å². The van der Waals surface area contributed by atoms with Gasteiger partial charge in [-0.3, -0.25) is 4.98 Å². The summed E-state index contributed by atoms with van der Waals surface area (Å²) in [7, 11) is 0. The van der Waals surface area contributed by atoms with Gasteiger partial charge in [0.1, 0.15) is 0 Å². The van der Waals surface area contributed by atoms with Crippen LogP contribution in [0.5, 0.6) is 0 Å². The molecule has 1 aromatic heterocycles. The molecular formula is C12H17NO. The van der Waals surface area contributed by atoms with Crippen molar-refractivity contribution in [2.75, 3.05) is 0 Å². The third-order valence-corrected chi connectivity index (χ3v) is 2.95. The fourth-order valence-corrected chi connectivity index (χ4v) is 1.92. The molecule has 0 amide bonds. The number of ether oxygens (including phenoxy) is 1. The molecule has 14 heavy (non-hydrogen) atoms. The molecule has 0 aliphatic carbocycles. The zero-order valence-electron chi connectivity index (χ0n) is 8.81. The molecule has 3 atom stereocenters. The van der Waals surface area contributed by atoms with Gasteiger partial charge in [0.05, 0.1) is 12.2 Å². The van der Waals surface area contributed by atoms with Gasteiger partial charge in [-0.25, -0.2) is 0 Å². The van der Waals surface area contributed by atoms with Gasteiger partial charge in [0.2, 0.25) is 0 Å². The Morgan fingerprint density at radius 2 is 2.07 bits per heavy atom. The van der Waals surface area contributed by atoms with Crippen LogP contribution >= 0.6 is 0 Å². The first kappa shape index (κ1) is 9.66. The van der Waals surface area contributed by atoms with Crippen molar-refractivity contribution < 1.29 is 4.74 Å². The number of aromatic nitrogens is 1. The molecule has 76 valence electrons. The molecule has 0 saturated carbocycles. The minimum Gasteiger partial charge on any atom is -0.370 e. The van der Waals surface area contributed by atoms with E-state index in [9.17, 15) is 0 Å². The van der Waals surface area contributed by atoms with Gasteiger partial charge in [0, 0.05) is 12.4 Å². The zero-order chi connectivity index (χ0) is 9.97. The number of pyridine rings is 1. The Bertz CT molecular complexity index is 286. The summed E-state index contributed by atoms with van der Waals surface area (Å²) in [6, 6.07) is 4.18. The Hall–Kier alpha value is -0.890. The summed E-state index contributed by atoms with van der Waals surface area (Å²) in [5.74, 6) is 0.583. The molecule has 1 aliphatic rings. The van der Waals surface area contributed by atoms with Crippen LogP contribution in [0.3, 0.4) is 0 Å². The lowest BCUT2D eigenvalue weighted by molar-refractivity contribution is 0.353. The Kier molecular flexibility index (Phi) is 2.82. The van der Waals surface area contributed by atoms with Gasteiger partial charge in [0.15, 0.2) is 0 Å². The van der Waals surface area contributed by atoms with E-state index in [2.05, 4.69) is 31.0 Å². The van der Waals surface area contributed by atoms with E-state index < -0.39 is 0 Å². The smallest absolute Gasteiger partial charge is 0.0847 e. The second-order valence-electron chi connectivity index (χ2n) is 4.04. The monoisotopic (exact) mass is 191 g/mol. The molecule has 1 saturated heterocycles. The number of rotatable bonds is 4. The summed E-state index contributed by atoms with van der Waals surface area (Å²) < 4.78 is 5.54. The molecule has 2 nitrogen and oxygen atoms in total. The zero-order valence-corrected chi connectivity index (χ0v) is 8.81. The maximum Gasteiger partial charge on any atom is 0.0847 e. The molecule has 0 radical (unpaired) electrons. The molecule has 1 aliphatic heterocycles. The summed E-state index contributed by atoms with van der Waals surface area (Å²) in [6.07, 6.45) is 7.03. The van der Waals surface area contributed by atoms with E-state index in [0.29, 0.717) is 18.1 Å². The maximum absolute atomic E-state index is 5.54. The Morgan fingerprint density at radius 3 is 2.64 bits per heavy atom. The fraction of sp³-hybridized carbons (Fsp3) is 0.583. The highest BCUT2D eigenvalue weighted by Crippen LogP contribution is 2.33. The van der Waals surface area contributed by atoms with Crippen LogP contribution in [0, 0.1) is 0 Å². The highest BCUT2D eigenvalue weighted by molar-refractivity contribution is 5.15. The first-order valence-corrected chi connectivity index (χ1v) is 5.36. The van der Waals surface area contributed by atoms with Crippen LogP contribution in [0.15, 0.2) is 24.5 Å².